The van der Waals surface area contributed by atoms with Gasteiger partial charge in [0.1, 0.15) is 5.82 Å². The Bertz CT molecular complexity index is 883. The molecule has 2 aromatic rings. The van der Waals surface area contributed by atoms with Crippen molar-refractivity contribution in [3.63, 3.8) is 0 Å². The summed E-state index contributed by atoms with van der Waals surface area (Å²) < 4.78 is 25.0. The number of methoxy groups -OCH3 is 1. The van der Waals surface area contributed by atoms with Crippen LogP contribution in [0.4, 0.5) is 10.1 Å². The highest BCUT2D eigenvalue weighted by Crippen LogP contribution is 2.31. The lowest BCUT2D eigenvalue weighted by molar-refractivity contribution is -0.384. The van der Waals surface area contributed by atoms with Gasteiger partial charge in [-0.1, -0.05) is 12.5 Å². The summed E-state index contributed by atoms with van der Waals surface area (Å²) in [5, 5.41) is 13.4. The molecule has 0 radical (unpaired) electrons. The van der Waals surface area contributed by atoms with Gasteiger partial charge in [-0.25, -0.2) is 4.39 Å². The summed E-state index contributed by atoms with van der Waals surface area (Å²) in [4.78, 5) is 22.4. The zero-order valence-electron chi connectivity index (χ0n) is 15.4. The van der Waals surface area contributed by atoms with E-state index in [1.54, 1.807) is 18.2 Å². The van der Waals surface area contributed by atoms with E-state index in [1.165, 1.54) is 26.4 Å². The zero-order chi connectivity index (χ0) is 20.1. The molecule has 0 spiro atoms. The Balaban J connectivity index is 1.64. The van der Waals surface area contributed by atoms with Gasteiger partial charge in [-0.05, 0) is 42.5 Å². The number of carbonyl (C=O) groups is 1. The molecule has 2 aromatic carbocycles. The molecule has 1 fully saturated rings. The predicted octanol–water partition coefficient (Wildman–Crippen LogP) is 3.85. The number of nitrogens with zero attached hydrogens (tertiary/aromatic N) is 1. The van der Waals surface area contributed by atoms with Crippen molar-refractivity contribution in [3.8, 4) is 11.5 Å². The lowest BCUT2D eigenvalue weighted by atomic mass is 9.86. The minimum absolute atomic E-state index is 0.111. The lowest BCUT2D eigenvalue weighted by Crippen LogP contribution is -2.24. The molecule has 8 heteroatoms. The van der Waals surface area contributed by atoms with Crippen LogP contribution in [0.25, 0.3) is 0 Å². The smallest absolute Gasteiger partial charge is 0.270 e. The van der Waals surface area contributed by atoms with E-state index in [2.05, 4.69) is 5.32 Å². The standard InChI is InChI=1S/C20H21FN2O5/c1-27-19-9-14(5-8-18(19)28-12-13-3-2-4-13)11-22-20(24)16-10-15(23(25)26)6-7-17(16)21/h5-10,13H,2-4,11-12H2,1H3,(H,22,24). The predicted molar refractivity (Wildman–Crippen MR) is 100 cm³/mol. The molecule has 1 aliphatic rings. The summed E-state index contributed by atoms with van der Waals surface area (Å²) in [5.74, 6) is 0.223. The SMILES string of the molecule is COc1cc(CNC(=O)c2cc([N+](=O)[O-])ccc2F)ccc1OCC1CCC1. The first-order chi connectivity index (χ1) is 13.5. The molecule has 1 N–H and O–H groups in total. The van der Waals surface area contributed by atoms with Crippen LogP contribution in [-0.2, 0) is 6.54 Å². The van der Waals surface area contributed by atoms with Crippen molar-refractivity contribution in [2.75, 3.05) is 13.7 Å². The van der Waals surface area contributed by atoms with E-state index < -0.39 is 16.6 Å². The molecule has 1 saturated carbocycles. The minimum atomic E-state index is -0.819. The average Bonchev–Trinajstić information content (AvgIpc) is 2.65. The molecule has 0 saturated heterocycles. The van der Waals surface area contributed by atoms with E-state index in [1.807, 2.05) is 0 Å². The van der Waals surface area contributed by atoms with Crippen molar-refractivity contribution >= 4 is 11.6 Å². The largest absolute Gasteiger partial charge is 0.493 e. The van der Waals surface area contributed by atoms with Gasteiger partial charge >= 0.3 is 0 Å². The van der Waals surface area contributed by atoms with E-state index in [-0.39, 0.29) is 17.8 Å². The first-order valence-electron chi connectivity index (χ1n) is 8.99. The Kier molecular flexibility index (Phi) is 6.08. The second kappa shape index (κ2) is 8.69. The second-order valence-electron chi connectivity index (χ2n) is 6.70. The van der Waals surface area contributed by atoms with Crippen molar-refractivity contribution in [3.05, 3.63) is 63.5 Å². The molecule has 148 valence electrons. The van der Waals surface area contributed by atoms with Crippen LogP contribution in [0.3, 0.4) is 0 Å². The van der Waals surface area contributed by atoms with Crippen molar-refractivity contribution in [2.24, 2.45) is 5.92 Å². The van der Waals surface area contributed by atoms with Crippen molar-refractivity contribution in [2.45, 2.75) is 25.8 Å². The van der Waals surface area contributed by atoms with Crippen LogP contribution in [0.1, 0.15) is 35.2 Å². The van der Waals surface area contributed by atoms with Crippen LogP contribution in [-0.4, -0.2) is 24.5 Å². The van der Waals surface area contributed by atoms with Gasteiger partial charge in [0.25, 0.3) is 11.6 Å². The number of non-ortho nitro benzene ring substituents is 1. The summed E-state index contributed by atoms with van der Waals surface area (Å²) in [6.07, 6.45) is 3.61. The highest BCUT2D eigenvalue weighted by atomic mass is 19.1. The summed E-state index contributed by atoms with van der Waals surface area (Å²) in [6.45, 7) is 0.763. The summed E-state index contributed by atoms with van der Waals surface area (Å²) in [7, 11) is 1.53. The summed E-state index contributed by atoms with van der Waals surface area (Å²) in [5.41, 5.74) is 0.00911. The van der Waals surface area contributed by atoms with Gasteiger partial charge in [-0.2, -0.15) is 0 Å². The number of halogens is 1. The topological polar surface area (TPSA) is 90.7 Å². The van der Waals surface area contributed by atoms with Gasteiger partial charge in [0.15, 0.2) is 11.5 Å². The number of ether oxygens (including phenoxy) is 2. The third-order valence-corrected chi connectivity index (χ3v) is 4.79. The van der Waals surface area contributed by atoms with E-state index in [4.69, 9.17) is 9.47 Å². The van der Waals surface area contributed by atoms with Crippen LogP contribution in [0.2, 0.25) is 0 Å². The average molecular weight is 388 g/mol. The fourth-order valence-corrected chi connectivity index (χ4v) is 2.89. The molecular formula is C20H21FN2O5. The Labute approximate surface area is 161 Å². The van der Waals surface area contributed by atoms with Crippen LogP contribution in [0.5, 0.6) is 11.5 Å². The molecule has 0 unspecified atom stereocenters. The number of nitro groups is 1. The molecule has 1 amide bonds. The maximum Gasteiger partial charge on any atom is 0.270 e. The molecule has 0 heterocycles. The summed E-state index contributed by atoms with van der Waals surface area (Å²) >= 11 is 0. The molecule has 1 aliphatic carbocycles. The molecule has 7 nitrogen and oxygen atoms in total. The second-order valence-corrected chi connectivity index (χ2v) is 6.70. The number of benzene rings is 2. The van der Waals surface area contributed by atoms with Crippen LogP contribution >= 0.6 is 0 Å². The van der Waals surface area contributed by atoms with Gasteiger partial charge in [0, 0.05) is 18.7 Å². The third kappa shape index (κ3) is 4.57. The van der Waals surface area contributed by atoms with E-state index in [0.717, 1.165) is 23.8 Å². The first kappa shape index (κ1) is 19.6. The molecule has 3 rings (SSSR count). The Hall–Kier alpha value is -3.16. The first-order valence-corrected chi connectivity index (χ1v) is 8.99. The van der Waals surface area contributed by atoms with Gasteiger partial charge in [0.2, 0.25) is 0 Å². The van der Waals surface area contributed by atoms with Crippen LogP contribution < -0.4 is 14.8 Å². The fraction of sp³-hybridized carbons (Fsp3) is 0.350. The normalized spacial score (nSPS) is 13.5. The third-order valence-electron chi connectivity index (χ3n) is 4.79. The van der Waals surface area contributed by atoms with Crippen LogP contribution in [0, 0.1) is 21.8 Å². The highest BCUT2D eigenvalue weighted by molar-refractivity contribution is 5.95. The zero-order valence-corrected chi connectivity index (χ0v) is 15.4. The Morgan fingerprint density at radius 1 is 1.25 bits per heavy atom. The highest BCUT2D eigenvalue weighted by Gasteiger charge is 2.19. The van der Waals surface area contributed by atoms with Crippen molar-refractivity contribution < 1.29 is 23.6 Å². The van der Waals surface area contributed by atoms with E-state index >= 15 is 0 Å². The molecule has 28 heavy (non-hydrogen) atoms. The Morgan fingerprint density at radius 2 is 2.04 bits per heavy atom. The fourth-order valence-electron chi connectivity index (χ4n) is 2.89. The number of hydrogen-bond acceptors (Lipinski definition) is 5. The molecule has 0 atom stereocenters. The number of rotatable bonds is 8. The number of amides is 1. The quantitative estimate of drug-likeness (QED) is 0.548. The van der Waals surface area contributed by atoms with E-state index in [9.17, 15) is 19.3 Å². The van der Waals surface area contributed by atoms with Crippen LogP contribution in [0.15, 0.2) is 36.4 Å². The van der Waals surface area contributed by atoms with E-state index in [0.29, 0.717) is 24.0 Å². The number of carbonyl (C=O) groups excluding carboxylic acids is 1. The lowest BCUT2D eigenvalue weighted by Gasteiger charge is -2.25. The summed E-state index contributed by atoms with van der Waals surface area (Å²) in [6, 6.07) is 8.13. The molecule has 0 aromatic heterocycles. The monoisotopic (exact) mass is 388 g/mol. The molecule has 0 bridgehead atoms. The minimum Gasteiger partial charge on any atom is -0.493 e. The van der Waals surface area contributed by atoms with Crippen molar-refractivity contribution in [1.29, 1.82) is 0 Å². The molecule has 0 aliphatic heterocycles. The Morgan fingerprint density at radius 3 is 2.68 bits per heavy atom. The molecular weight excluding hydrogens is 367 g/mol. The van der Waals surface area contributed by atoms with Gasteiger partial charge in [-0.3, -0.25) is 14.9 Å². The number of nitrogens with one attached hydrogen (secondary N) is 1. The number of nitro benzene ring substituents is 1. The van der Waals surface area contributed by atoms with Gasteiger partial charge in [0.05, 0.1) is 24.2 Å². The number of hydrogen-bond donors (Lipinski definition) is 1. The van der Waals surface area contributed by atoms with Gasteiger partial charge in [-0.15, -0.1) is 0 Å². The maximum absolute atomic E-state index is 13.8. The van der Waals surface area contributed by atoms with Gasteiger partial charge < -0.3 is 14.8 Å². The maximum atomic E-state index is 13.8. The van der Waals surface area contributed by atoms with Crippen molar-refractivity contribution in [1.82, 2.24) is 5.32 Å².